The van der Waals surface area contributed by atoms with Gasteiger partial charge >= 0.3 is 17.9 Å². The summed E-state index contributed by atoms with van der Waals surface area (Å²) in [7, 11) is 0. The molecule has 0 saturated carbocycles. The molecule has 67 heavy (non-hydrogen) atoms. The summed E-state index contributed by atoms with van der Waals surface area (Å²) >= 11 is 0. The van der Waals surface area contributed by atoms with Gasteiger partial charge in [0.15, 0.2) is 6.10 Å². The van der Waals surface area contributed by atoms with Gasteiger partial charge in [0, 0.05) is 19.3 Å². The van der Waals surface area contributed by atoms with Crippen LogP contribution >= 0.6 is 0 Å². The first-order chi connectivity index (χ1) is 33.0. The summed E-state index contributed by atoms with van der Waals surface area (Å²) in [4.78, 5) is 38.1. The number of carbonyl (C=O) groups is 3. The van der Waals surface area contributed by atoms with Gasteiger partial charge in [-0.15, -0.1) is 0 Å². The molecule has 0 bridgehead atoms. The van der Waals surface area contributed by atoms with Crippen LogP contribution in [0.3, 0.4) is 0 Å². The largest absolute Gasteiger partial charge is 0.462 e. The van der Waals surface area contributed by atoms with E-state index in [1.54, 1.807) is 0 Å². The molecule has 0 aliphatic carbocycles. The molecule has 0 spiro atoms. The van der Waals surface area contributed by atoms with E-state index in [0.717, 1.165) is 77.0 Å². The Morgan fingerprint density at radius 3 is 0.881 bits per heavy atom. The quantitative estimate of drug-likeness (QED) is 0.0262. The number of hydrogen-bond donors (Lipinski definition) is 0. The van der Waals surface area contributed by atoms with Crippen LogP contribution in [0.4, 0.5) is 0 Å². The molecule has 6 heteroatoms. The maximum atomic E-state index is 12.9. The lowest BCUT2D eigenvalue weighted by molar-refractivity contribution is -0.167. The first kappa shape index (κ1) is 64.4. The molecule has 0 heterocycles. The highest BCUT2D eigenvalue weighted by atomic mass is 16.6. The highest BCUT2D eigenvalue weighted by molar-refractivity contribution is 5.71. The molecule has 0 aromatic rings. The smallest absolute Gasteiger partial charge is 0.306 e. The lowest BCUT2D eigenvalue weighted by atomic mass is 10.1. The van der Waals surface area contributed by atoms with Gasteiger partial charge in [-0.3, -0.25) is 14.4 Å². The lowest BCUT2D eigenvalue weighted by Crippen LogP contribution is -2.30. The van der Waals surface area contributed by atoms with Crippen LogP contribution in [-0.2, 0) is 28.6 Å². The second-order valence-corrected chi connectivity index (χ2v) is 19.5. The Morgan fingerprint density at radius 1 is 0.299 bits per heavy atom. The normalized spacial score (nSPS) is 12.3. The van der Waals surface area contributed by atoms with Crippen molar-refractivity contribution in [3.8, 4) is 0 Å². The van der Waals surface area contributed by atoms with Gasteiger partial charge in [0.1, 0.15) is 13.2 Å². The molecular weight excluding hydrogens is 829 g/mol. The second-order valence-electron chi connectivity index (χ2n) is 19.5. The van der Waals surface area contributed by atoms with Crippen molar-refractivity contribution < 1.29 is 28.6 Å². The van der Waals surface area contributed by atoms with Gasteiger partial charge in [-0.1, -0.05) is 230 Å². The van der Waals surface area contributed by atoms with Crippen molar-refractivity contribution in [2.45, 2.75) is 309 Å². The van der Waals surface area contributed by atoms with Gasteiger partial charge in [0.2, 0.25) is 0 Å². The number of esters is 3. The number of ether oxygens (including phenoxy) is 3. The zero-order valence-electron chi connectivity index (χ0n) is 44.7. The molecule has 0 rings (SSSR count). The van der Waals surface area contributed by atoms with Gasteiger partial charge in [0.25, 0.3) is 0 Å². The van der Waals surface area contributed by atoms with Crippen molar-refractivity contribution in [3.05, 3.63) is 48.6 Å². The Hall–Kier alpha value is -2.63. The van der Waals surface area contributed by atoms with E-state index in [2.05, 4.69) is 69.4 Å². The highest BCUT2D eigenvalue weighted by Crippen LogP contribution is 2.15. The maximum Gasteiger partial charge on any atom is 0.306 e. The van der Waals surface area contributed by atoms with Gasteiger partial charge in [-0.25, -0.2) is 0 Å². The summed E-state index contributed by atoms with van der Waals surface area (Å²) in [5, 5.41) is 0. The van der Waals surface area contributed by atoms with Crippen LogP contribution in [0.1, 0.15) is 303 Å². The molecule has 390 valence electrons. The molecule has 0 radical (unpaired) electrons. The van der Waals surface area contributed by atoms with E-state index in [-0.39, 0.29) is 31.1 Å². The van der Waals surface area contributed by atoms with Crippen LogP contribution in [0.5, 0.6) is 0 Å². The summed E-state index contributed by atoms with van der Waals surface area (Å²) in [6.45, 7) is 6.61. The minimum atomic E-state index is -0.780. The summed E-state index contributed by atoms with van der Waals surface area (Å²) < 4.78 is 16.9. The van der Waals surface area contributed by atoms with E-state index in [0.29, 0.717) is 19.3 Å². The third-order valence-electron chi connectivity index (χ3n) is 12.8. The molecule has 0 amide bonds. The topological polar surface area (TPSA) is 78.9 Å². The van der Waals surface area contributed by atoms with E-state index in [1.807, 2.05) is 0 Å². The van der Waals surface area contributed by atoms with Crippen molar-refractivity contribution >= 4 is 17.9 Å². The first-order valence-corrected chi connectivity index (χ1v) is 29.1. The van der Waals surface area contributed by atoms with Crippen LogP contribution in [0.15, 0.2) is 48.6 Å². The molecule has 0 fully saturated rings. The predicted molar refractivity (Wildman–Crippen MR) is 289 cm³/mol. The van der Waals surface area contributed by atoms with Gasteiger partial charge in [-0.2, -0.15) is 0 Å². The molecule has 6 nitrogen and oxygen atoms in total. The van der Waals surface area contributed by atoms with Crippen molar-refractivity contribution in [3.63, 3.8) is 0 Å². The van der Waals surface area contributed by atoms with E-state index in [1.165, 1.54) is 186 Å². The Labute approximate surface area is 416 Å². The molecule has 0 aromatic heterocycles. The zero-order valence-corrected chi connectivity index (χ0v) is 44.7. The van der Waals surface area contributed by atoms with Crippen LogP contribution < -0.4 is 0 Å². The Bertz CT molecular complexity index is 1170. The lowest BCUT2D eigenvalue weighted by Gasteiger charge is -2.18. The molecule has 0 unspecified atom stereocenters. The Balaban J connectivity index is 4.36. The van der Waals surface area contributed by atoms with Gasteiger partial charge in [-0.05, 0) is 103 Å². The average molecular weight is 940 g/mol. The molecule has 1 atom stereocenters. The second kappa shape index (κ2) is 56.0. The SMILES string of the molecule is CCCCC/C=C\C/C=C\CCCCCCCCCC(=O)O[C@@H](COC(=O)CCCCCCC/C=C\CCCCCC)COC(=O)CCCCCCCCCCC/C=C\CCCCCCCC. The van der Waals surface area contributed by atoms with Crippen molar-refractivity contribution in [2.75, 3.05) is 13.2 Å². The summed E-state index contributed by atoms with van der Waals surface area (Å²) in [6, 6.07) is 0. The number of unbranched alkanes of at least 4 members (excludes halogenated alkanes) is 34. The number of hydrogen-bond acceptors (Lipinski definition) is 6. The summed E-state index contributed by atoms with van der Waals surface area (Å²) in [5.41, 5.74) is 0. The van der Waals surface area contributed by atoms with E-state index >= 15 is 0 Å². The Morgan fingerprint density at radius 2 is 0.537 bits per heavy atom. The first-order valence-electron chi connectivity index (χ1n) is 29.1. The fraction of sp³-hybridized carbons (Fsp3) is 0.820. The van der Waals surface area contributed by atoms with Crippen molar-refractivity contribution in [2.24, 2.45) is 0 Å². The molecular formula is C61H110O6. The molecule has 0 aliphatic heterocycles. The Kier molecular flexibility index (Phi) is 53.8. The fourth-order valence-electron chi connectivity index (χ4n) is 8.35. The van der Waals surface area contributed by atoms with E-state index in [9.17, 15) is 14.4 Å². The monoisotopic (exact) mass is 939 g/mol. The third-order valence-corrected chi connectivity index (χ3v) is 12.8. The van der Waals surface area contributed by atoms with Gasteiger partial charge in [0.05, 0.1) is 0 Å². The van der Waals surface area contributed by atoms with E-state index in [4.69, 9.17) is 14.2 Å². The molecule has 0 N–H and O–H groups in total. The molecule has 0 saturated heterocycles. The standard InChI is InChI=1S/C61H110O6/c1-4-7-10-13-16-19-22-25-27-29-30-32-33-36-39-42-45-48-51-54-60(63)66-57-58(56-65-59(62)53-50-47-44-41-38-35-24-21-18-15-12-9-6-3)67-61(64)55-52-49-46-43-40-37-34-31-28-26-23-20-17-14-11-8-5-2/h17,20-21,24-28,58H,4-16,18-19,22-23,29-57H2,1-3H3/b20-17-,24-21-,27-25-,28-26-/t58-/m0/s1. The van der Waals surface area contributed by atoms with Crippen LogP contribution in [-0.4, -0.2) is 37.2 Å². The minimum absolute atomic E-state index is 0.0785. The predicted octanol–water partition coefficient (Wildman–Crippen LogP) is 19.4. The summed E-state index contributed by atoms with van der Waals surface area (Å²) in [6.07, 6.45) is 68.1. The van der Waals surface area contributed by atoms with Crippen molar-refractivity contribution in [1.82, 2.24) is 0 Å². The fourth-order valence-corrected chi connectivity index (χ4v) is 8.35. The third kappa shape index (κ3) is 54.2. The average Bonchev–Trinajstić information content (AvgIpc) is 3.33. The molecule has 0 aliphatic rings. The van der Waals surface area contributed by atoms with Crippen LogP contribution in [0, 0.1) is 0 Å². The van der Waals surface area contributed by atoms with Crippen LogP contribution in [0.2, 0.25) is 0 Å². The van der Waals surface area contributed by atoms with Crippen LogP contribution in [0.25, 0.3) is 0 Å². The van der Waals surface area contributed by atoms with Crippen molar-refractivity contribution in [1.29, 1.82) is 0 Å². The zero-order chi connectivity index (χ0) is 48.6. The number of carbonyl (C=O) groups excluding carboxylic acids is 3. The summed E-state index contributed by atoms with van der Waals surface area (Å²) in [5.74, 6) is -0.884. The maximum absolute atomic E-state index is 12.9. The van der Waals surface area contributed by atoms with Gasteiger partial charge < -0.3 is 14.2 Å². The minimum Gasteiger partial charge on any atom is -0.462 e. The molecule has 0 aromatic carbocycles. The van der Waals surface area contributed by atoms with E-state index < -0.39 is 6.10 Å². The highest BCUT2D eigenvalue weighted by Gasteiger charge is 2.19. The number of rotatable bonds is 53. The number of allylic oxidation sites excluding steroid dienone is 8.